The molecule has 0 radical (unpaired) electrons. The molecule has 0 aromatic carbocycles. The highest BCUT2D eigenvalue weighted by Crippen LogP contribution is 2.17. The SMILES string of the molecule is CC(C)CN(CCC#N)c1ncncc1C(=O)O. The Morgan fingerprint density at radius 3 is 2.89 bits per heavy atom. The number of aromatic nitrogens is 2. The van der Waals surface area contributed by atoms with E-state index >= 15 is 0 Å². The Balaban J connectivity index is 3.04. The standard InChI is InChI=1S/C12H16N4O2/c1-9(2)7-16(5-3-4-13)11-10(12(17)18)6-14-8-15-11/h6,8-9H,3,5,7H2,1-2H3,(H,17,18). The zero-order valence-corrected chi connectivity index (χ0v) is 10.5. The van der Waals surface area contributed by atoms with Gasteiger partial charge in [0.15, 0.2) is 0 Å². The van der Waals surface area contributed by atoms with Gasteiger partial charge in [-0.1, -0.05) is 13.8 Å². The van der Waals surface area contributed by atoms with Crippen molar-refractivity contribution in [1.29, 1.82) is 5.26 Å². The highest BCUT2D eigenvalue weighted by atomic mass is 16.4. The summed E-state index contributed by atoms with van der Waals surface area (Å²) < 4.78 is 0. The summed E-state index contributed by atoms with van der Waals surface area (Å²) in [6.45, 7) is 5.17. The summed E-state index contributed by atoms with van der Waals surface area (Å²) >= 11 is 0. The van der Waals surface area contributed by atoms with Crippen LogP contribution in [0.5, 0.6) is 0 Å². The van der Waals surface area contributed by atoms with Crippen molar-refractivity contribution in [2.45, 2.75) is 20.3 Å². The van der Waals surface area contributed by atoms with Crippen molar-refractivity contribution >= 4 is 11.8 Å². The van der Waals surface area contributed by atoms with Crippen LogP contribution in [0.1, 0.15) is 30.6 Å². The van der Waals surface area contributed by atoms with Crippen LogP contribution in [0.4, 0.5) is 5.82 Å². The molecule has 0 aliphatic rings. The van der Waals surface area contributed by atoms with Crippen molar-refractivity contribution in [3.05, 3.63) is 18.1 Å². The summed E-state index contributed by atoms with van der Waals surface area (Å²) in [6.07, 6.45) is 2.93. The Morgan fingerprint density at radius 1 is 1.61 bits per heavy atom. The van der Waals surface area contributed by atoms with E-state index in [-0.39, 0.29) is 5.56 Å². The number of carboxylic acid groups (broad SMARTS) is 1. The third-order valence-electron chi connectivity index (χ3n) is 2.30. The maximum atomic E-state index is 11.1. The molecule has 0 aliphatic carbocycles. The molecule has 96 valence electrons. The monoisotopic (exact) mass is 248 g/mol. The summed E-state index contributed by atoms with van der Waals surface area (Å²) in [4.78, 5) is 20.7. The predicted octanol–water partition coefficient (Wildman–Crippen LogP) is 1.55. The first kappa shape index (κ1) is 13.9. The van der Waals surface area contributed by atoms with Crippen LogP contribution in [0, 0.1) is 17.2 Å². The number of hydrogen-bond acceptors (Lipinski definition) is 5. The van der Waals surface area contributed by atoms with Crippen LogP contribution in [-0.4, -0.2) is 34.1 Å². The molecule has 0 atom stereocenters. The number of anilines is 1. The number of nitrogens with zero attached hydrogens (tertiary/aromatic N) is 4. The first-order chi connectivity index (χ1) is 8.56. The second-order valence-corrected chi connectivity index (χ2v) is 4.31. The molecule has 0 aliphatic heterocycles. The number of rotatable bonds is 6. The molecule has 0 spiro atoms. The highest BCUT2D eigenvalue weighted by Gasteiger charge is 2.18. The molecular formula is C12H16N4O2. The molecule has 1 N–H and O–H groups in total. The maximum absolute atomic E-state index is 11.1. The minimum atomic E-state index is -1.06. The number of nitriles is 1. The number of hydrogen-bond donors (Lipinski definition) is 1. The van der Waals surface area contributed by atoms with Crippen LogP contribution in [-0.2, 0) is 0 Å². The average Bonchev–Trinajstić information content (AvgIpc) is 2.34. The van der Waals surface area contributed by atoms with Crippen LogP contribution in [0.15, 0.2) is 12.5 Å². The largest absolute Gasteiger partial charge is 0.477 e. The van der Waals surface area contributed by atoms with E-state index in [2.05, 4.69) is 16.0 Å². The number of aromatic carboxylic acids is 1. The van der Waals surface area contributed by atoms with Gasteiger partial charge in [0.05, 0.1) is 12.5 Å². The van der Waals surface area contributed by atoms with Gasteiger partial charge in [0.1, 0.15) is 17.7 Å². The van der Waals surface area contributed by atoms with Gasteiger partial charge in [-0.05, 0) is 5.92 Å². The molecule has 6 heteroatoms. The van der Waals surface area contributed by atoms with Crippen molar-refractivity contribution in [2.75, 3.05) is 18.0 Å². The van der Waals surface area contributed by atoms with E-state index in [4.69, 9.17) is 10.4 Å². The van der Waals surface area contributed by atoms with E-state index < -0.39 is 5.97 Å². The lowest BCUT2D eigenvalue weighted by atomic mass is 10.2. The molecule has 1 rings (SSSR count). The van der Waals surface area contributed by atoms with Crippen molar-refractivity contribution in [1.82, 2.24) is 9.97 Å². The van der Waals surface area contributed by atoms with Gasteiger partial charge < -0.3 is 10.0 Å². The molecule has 0 fully saturated rings. The summed E-state index contributed by atoms with van der Waals surface area (Å²) in [7, 11) is 0. The zero-order valence-electron chi connectivity index (χ0n) is 10.5. The van der Waals surface area contributed by atoms with Gasteiger partial charge >= 0.3 is 5.97 Å². The minimum absolute atomic E-state index is 0.0658. The van der Waals surface area contributed by atoms with Gasteiger partial charge in [0, 0.05) is 19.3 Å². The van der Waals surface area contributed by atoms with Gasteiger partial charge in [-0.25, -0.2) is 14.8 Å². The topological polar surface area (TPSA) is 90.1 Å². The first-order valence-corrected chi connectivity index (χ1v) is 5.71. The third-order valence-corrected chi connectivity index (χ3v) is 2.30. The molecular weight excluding hydrogens is 232 g/mol. The molecule has 0 bridgehead atoms. The second kappa shape index (κ2) is 6.55. The van der Waals surface area contributed by atoms with Crippen molar-refractivity contribution < 1.29 is 9.90 Å². The van der Waals surface area contributed by atoms with Crippen molar-refractivity contribution in [3.8, 4) is 6.07 Å². The summed E-state index contributed by atoms with van der Waals surface area (Å²) in [5.41, 5.74) is 0.0658. The van der Waals surface area contributed by atoms with Gasteiger partial charge in [0.2, 0.25) is 0 Å². The lowest BCUT2D eigenvalue weighted by molar-refractivity contribution is 0.0696. The van der Waals surface area contributed by atoms with Gasteiger partial charge in [-0.2, -0.15) is 5.26 Å². The number of carboxylic acids is 1. The van der Waals surface area contributed by atoms with Crippen LogP contribution >= 0.6 is 0 Å². The third kappa shape index (κ3) is 3.70. The Labute approximate surface area is 106 Å². The van der Waals surface area contributed by atoms with E-state index in [0.717, 1.165) is 0 Å². The van der Waals surface area contributed by atoms with Gasteiger partial charge in [-0.15, -0.1) is 0 Å². The number of carbonyl (C=O) groups is 1. The Kier molecular flexibility index (Phi) is 5.06. The smallest absolute Gasteiger partial charge is 0.341 e. The Morgan fingerprint density at radius 2 is 2.33 bits per heavy atom. The summed E-state index contributed by atoms with van der Waals surface area (Å²) in [6, 6.07) is 2.06. The van der Waals surface area contributed by atoms with E-state index in [0.29, 0.717) is 31.2 Å². The van der Waals surface area contributed by atoms with E-state index in [1.165, 1.54) is 12.5 Å². The predicted molar refractivity (Wildman–Crippen MR) is 66.3 cm³/mol. The zero-order chi connectivity index (χ0) is 13.5. The average molecular weight is 248 g/mol. The van der Waals surface area contributed by atoms with E-state index in [1.54, 1.807) is 0 Å². The second-order valence-electron chi connectivity index (χ2n) is 4.31. The summed E-state index contributed by atoms with van der Waals surface area (Å²) in [5, 5.41) is 17.8. The lowest BCUT2D eigenvalue weighted by Gasteiger charge is -2.25. The Hall–Kier alpha value is -2.16. The quantitative estimate of drug-likeness (QED) is 0.821. The molecule has 18 heavy (non-hydrogen) atoms. The molecule has 0 saturated carbocycles. The Bertz CT molecular complexity index is 454. The fourth-order valence-electron chi connectivity index (χ4n) is 1.64. The molecule has 0 amide bonds. The van der Waals surface area contributed by atoms with Gasteiger partial charge in [-0.3, -0.25) is 0 Å². The molecule has 1 aromatic rings. The fourth-order valence-corrected chi connectivity index (χ4v) is 1.64. The summed E-state index contributed by atoms with van der Waals surface area (Å²) in [5.74, 6) is -0.335. The molecule has 0 unspecified atom stereocenters. The molecule has 1 aromatic heterocycles. The van der Waals surface area contributed by atoms with E-state index in [1.807, 2.05) is 18.7 Å². The van der Waals surface area contributed by atoms with Crippen LogP contribution < -0.4 is 4.90 Å². The van der Waals surface area contributed by atoms with Crippen molar-refractivity contribution in [3.63, 3.8) is 0 Å². The lowest BCUT2D eigenvalue weighted by Crippen LogP contribution is -2.31. The van der Waals surface area contributed by atoms with Crippen molar-refractivity contribution in [2.24, 2.45) is 5.92 Å². The first-order valence-electron chi connectivity index (χ1n) is 5.71. The van der Waals surface area contributed by atoms with Crippen LogP contribution in [0.2, 0.25) is 0 Å². The molecule has 6 nitrogen and oxygen atoms in total. The minimum Gasteiger partial charge on any atom is -0.477 e. The fraction of sp³-hybridized carbons (Fsp3) is 0.500. The highest BCUT2D eigenvalue weighted by molar-refractivity contribution is 5.92. The normalized spacial score (nSPS) is 10.1. The maximum Gasteiger partial charge on any atom is 0.341 e. The van der Waals surface area contributed by atoms with Crippen LogP contribution in [0.25, 0.3) is 0 Å². The van der Waals surface area contributed by atoms with E-state index in [9.17, 15) is 4.79 Å². The van der Waals surface area contributed by atoms with Gasteiger partial charge in [0.25, 0.3) is 0 Å². The molecule has 1 heterocycles. The van der Waals surface area contributed by atoms with Crippen LogP contribution in [0.3, 0.4) is 0 Å². The molecule has 0 saturated heterocycles.